The Hall–Kier alpha value is -2.46. The lowest BCUT2D eigenvalue weighted by Gasteiger charge is -2.13. The molecule has 0 spiro atoms. The second-order valence-electron chi connectivity index (χ2n) is 8.37. The first-order valence-electron chi connectivity index (χ1n) is 10.8. The van der Waals surface area contributed by atoms with Gasteiger partial charge >= 0.3 is 0 Å². The van der Waals surface area contributed by atoms with Gasteiger partial charge in [-0.3, -0.25) is 4.79 Å². The number of carbonyl (C=O) groups is 2. The fourth-order valence-electron chi connectivity index (χ4n) is 4.95. The van der Waals surface area contributed by atoms with Crippen LogP contribution in [0.3, 0.4) is 0 Å². The predicted molar refractivity (Wildman–Crippen MR) is 119 cm³/mol. The molecule has 1 aliphatic rings. The summed E-state index contributed by atoms with van der Waals surface area (Å²) in [5.74, 6) is 0.261. The molecule has 0 unspecified atom stereocenters. The number of aldehydes is 1. The maximum Gasteiger partial charge on any atom is 0.163 e. The second kappa shape index (κ2) is 8.11. The van der Waals surface area contributed by atoms with Crippen molar-refractivity contribution >= 4 is 33.9 Å². The average molecular weight is 391 g/mol. The largest absolute Gasteiger partial charge is 0.340 e. The predicted octanol–water partition coefficient (Wildman–Crippen LogP) is 4.57. The summed E-state index contributed by atoms with van der Waals surface area (Å²) in [6.45, 7) is 4.16. The van der Waals surface area contributed by atoms with Crippen LogP contribution < -0.4 is 0 Å². The van der Waals surface area contributed by atoms with Crippen LogP contribution >= 0.6 is 0 Å². The lowest BCUT2D eigenvalue weighted by Crippen LogP contribution is -2.15. The molecule has 1 aromatic heterocycles. The molecule has 2 aromatic carbocycles. The first-order chi connectivity index (χ1) is 14.1. The molecule has 0 bridgehead atoms. The molecule has 0 saturated heterocycles. The molecule has 0 atom stereocenters. The Kier molecular flexibility index (Phi) is 5.55. The van der Waals surface area contributed by atoms with Crippen LogP contribution in [-0.4, -0.2) is 42.2 Å². The highest BCUT2D eigenvalue weighted by molar-refractivity contribution is 6.16. The number of hydrogen-bond acceptors (Lipinski definition) is 3. The Balaban J connectivity index is 2.02. The summed E-state index contributed by atoms with van der Waals surface area (Å²) in [5, 5.41) is 2.53. The molecule has 3 aromatic rings. The van der Waals surface area contributed by atoms with E-state index in [1.165, 1.54) is 38.5 Å². The summed E-state index contributed by atoms with van der Waals surface area (Å²) < 4.78 is 2.43. The zero-order valence-corrected chi connectivity index (χ0v) is 17.8. The Morgan fingerprint density at radius 3 is 2.55 bits per heavy atom. The lowest BCUT2D eigenvalue weighted by atomic mass is 9.93. The fourth-order valence-corrected chi connectivity index (χ4v) is 4.95. The number of fused-ring (bicyclic) bond motifs is 5. The summed E-state index contributed by atoms with van der Waals surface area (Å²) in [6, 6.07) is 8.65. The van der Waals surface area contributed by atoms with Gasteiger partial charge in [0.15, 0.2) is 5.78 Å². The molecule has 0 fully saturated rings. The van der Waals surface area contributed by atoms with Crippen molar-refractivity contribution < 1.29 is 9.59 Å². The Labute approximate surface area is 172 Å². The van der Waals surface area contributed by atoms with Gasteiger partial charge in [0.1, 0.15) is 6.29 Å². The maximum absolute atomic E-state index is 12.4. The SMILES string of the molecule is CCc1ccc2c(c1CCC=O)c1c3c(ccc1n2CCCN(C)C)C(=O)CC3. The minimum Gasteiger partial charge on any atom is -0.340 e. The van der Waals surface area contributed by atoms with Crippen molar-refractivity contribution in [3.05, 3.63) is 46.5 Å². The van der Waals surface area contributed by atoms with Gasteiger partial charge in [0.25, 0.3) is 0 Å². The Bertz CT molecular complexity index is 1090. The highest BCUT2D eigenvalue weighted by Gasteiger charge is 2.26. The molecule has 0 amide bonds. The van der Waals surface area contributed by atoms with Crippen molar-refractivity contribution in [2.45, 2.75) is 52.0 Å². The Morgan fingerprint density at radius 2 is 1.83 bits per heavy atom. The van der Waals surface area contributed by atoms with Gasteiger partial charge in [0.2, 0.25) is 0 Å². The van der Waals surface area contributed by atoms with Crippen LogP contribution in [0.2, 0.25) is 0 Å². The highest BCUT2D eigenvalue weighted by atomic mass is 16.1. The normalized spacial score (nSPS) is 13.7. The third-order valence-electron chi connectivity index (χ3n) is 6.29. The quantitative estimate of drug-likeness (QED) is 0.529. The van der Waals surface area contributed by atoms with Gasteiger partial charge in [0.05, 0.1) is 0 Å². The van der Waals surface area contributed by atoms with Crippen molar-refractivity contribution in [1.29, 1.82) is 0 Å². The first-order valence-corrected chi connectivity index (χ1v) is 10.8. The molecule has 4 nitrogen and oxygen atoms in total. The number of hydrogen-bond donors (Lipinski definition) is 0. The second-order valence-corrected chi connectivity index (χ2v) is 8.37. The van der Waals surface area contributed by atoms with E-state index in [-0.39, 0.29) is 5.78 Å². The molecule has 29 heavy (non-hydrogen) atoms. The van der Waals surface area contributed by atoms with Gasteiger partial charge in [-0.1, -0.05) is 13.0 Å². The molecular formula is C25H30N2O2. The fraction of sp³-hybridized carbons (Fsp3) is 0.440. The van der Waals surface area contributed by atoms with Crippen molar-refractivity contribution in [3.63, 3.8) is 0 Å². The summed E-state index contributed by atoms with van der Waals surface area (Å²) >= 11 is 0. The third kappa shape index (κ3) is 3.40. The molecule has 0 saturated carbocycles. The van der Waals surface area contributed by atoms with Gasteiger partial charge in [0, 0.05) is 46.8 Å². The summed E-state index contributed by atoms with van der Waals surface area (Å²) in [7, 11) is 4.21. The van der Waals surface area contributed by atoms with Gasteiger partial charge in [-0.25, -0.2) is 0 Å². The highest BCUT2D eigenvalue weighted by Crippen LogP contribution is 2.40. The van der Waals surface area contributed by atoms with Crippen molar-refractivity contribution in [2.75, 3.05) is 20.6 Å². The van der Waals surface area contributed by atoms with Crippen LogP contribution in [-0.2, 0) is 30.6 Å². The summed E-state index contributed by atoms with van der Waals surface area (Å²) in [4.78, 5) is 25.8. The number of ketones is 1. The van der Waals surface area contributed by atoms with E-state index >= 15 is 0 Å². The Morgan fingerprint density at radius 1 is 1.07 bits per heavy atom. The number of aryl methyl sites for hydroxylation is 4. The van der Waals surface area contributed by atoms with E-state index in [4.69, 9.17) is 0 Å². The van der Waals surface area contributed by atoms with Crippen molar-refractivity contribution in [3.8, 4) is 0 Å². The first kappa shape index (κ1) is 19.8. The molecule has 1 aliphatic carbocycles. The van der Waals surface area contributed by atoms with Crippen molar-refractivity contribution in [1.82, 2.24) is 9.47 Å². The standard InChI is InChI=1S/C25H30N2O2/c1-4-17-8-11-21-24(18(17)7-5-16-28)25-20-10-13-23(29)19(20)9-12-22(25)27(21)15-6-14-26(2)3/h8-9,11-12,16H,4-7,10,13-15H2,1-3H3. The minimum absolute atomic E-state index is 0.261. The molecule has 1 heterocycles. The number of Topliss-reactive ketones (excluding diaryl/α,β-unsaturated/α-hetero) is 1. The van der Waals surface area contributed by atoms with Gasteiger partial charge in [-0.15, -0.1) is 0 Å². The average Bonchev–Trinajstić information content (AvgIpc) is 3.24. The molecular weight excluding hydrogens is 360 g/mol. The third-order valence-corrected chi connectivity index (χ3v) is 6.29. The number of aromatic nitrogens is 1. The number of rotatable bonds is 8. The van der Waals surface area contributed by atoms with Gasteiger partial charge in [-0.2, -0.15) is 0 Å². The number of carbonyl (C=O) groups excluding carboxylic acids is 2. The number of benzene rings is 2. The van der Waals surface area contributed by atoms with Crippen LogP contribution in [0.5, 0.6) is 0 Å². The zero-order chi connectivity index (χ0) is 20.5. The minimum atomic E-state index is 0.261. The molecule has 0 N–H and O–H groups in total. The van der Waals surface area contributed by atoms with Gasteiger partial charge < -0.3 is 14.3 Å². The monoisotopic (exact) mass is 390 g/mol. The van der Waals surface area contributed by atoms with E-state index < -0.39 is 0 Å². The van der Waals surface area contributed by atoms with E-state index in [1.807, 2.05) is 6.07 Å². The van der Waals surface area contributed by atoms with Crippen LogP contribution in [0.15, 0.2) is 24.3 Å². The number of nitrogens with zero attached hydrogens (tertiary/aromatic N) is 2. The smallest absolute Gasteiger partial charge is 0.163 e. The lowest BCUT2D eigenvalue weighted by molar-refractivity contribution is -0.107. The van der Waals surface area contributed by atoms with Crippen molar-refractivity contribution in [2.24, 2.45) is 0 Å². The molecule has 152 valence electrons. The van der Waals surface area contributed by atoms with Crippen LogP contribution in [0, 0.1) is 0 Å². The van der Waals surface area contributed by atoms with Crippen LogP contribution in [0.4, 0.5) is 0 Å². The van der Waals surface area contributed by atoms with E-state index in [1.54, 1.807) is 0 Å². The van der Waals surface area contributed by atoms with E-state index in [0.717, 1.165) is 50.6 Å². The van der Waals surface area contributed by atoms with Crippen LogP contribution in [0.25, 0.3) is 21.8 Å². The van der Waals surface area contributed by atoms with E-state index in [0.29, 0.717) is 12.8 Å². The molecule has 0 radical (unpaired) electrons. The summed E-state index contributed by atoms with van der Waals surface area (Å²) in [6.07, 6.45) is 5.77. The molecule has 4 heteroatoms. The molecule has 4 rings (SSSR count). The molecule has 0 aliphatic heterocycles. The maximum atomic E-state index is 12.4. The topological polar surface area (TPSA) is 42.3 Å². The van der Waals surface area contributed by atoms with Crippen LogP contribution in [0.1, 0.15) is 53.2 Å². The summed E-state index contributed by atoms with van der Waals surface area (Å²) in [5.41, 5.74) is 7.18. The van der Waals surface area contributed by atoms with Gasteiger partial charge in [-0.05, 0) is 81.2 Å². The van der Waals surface area contributed by atoms with E-state index in [9.17, 15) is 9.59 Å². The zero-order valence-electron chi connectivity index (χ0n) is 17.8. The van der Waals surface area contributed by atoms with E-state index in [2.05, 4.69) is 48.7 Å².